The van der Waals surface area contributed by atoms with Gasteiger partial charge in [-0.1, -0.05) is 11.9 Å². The van der Waals surface area contributed by atoms with Crippen molar-refractivity contribution >= 4 is 40.9 Å². The standard InChI is InChI=1S/C27H33F2N5OS/c1-18-12-23(30-24(13-18)34-16-27(28,29)17-34)31-25(35)21-5-4-20(32-36-15-19-2-3-19)14-22(21)33-10-8-26(6-7-26)9-11-33/h4-5,12-14,19,32H,2-3,6-11,15-17H2,1H3,(H,30,31,35). The van der Waals surface area contributed by atoms with Gasteiger partial charge in [-0.3, -0.25) is 4.79 Å². The van der Waals surface area contributed by atoms with Crippen molar-refractivity contribution in [2.24, 2.45) is 11.3 Å². The molecule has 36 heavy (non-hydrogen) atoms. The van der Waals surface area contributed by atoms with Crippen molar-refractivity contribution in [2.45, 2.75) is 51.4 Å². The lowest BCUT2D eigenvalue weighted by Gasteiger charge is -2.39. The van der Waals surface area contributed by atoms with Gasteiger partial charge in [0.1, 0.15) is 11.6 Å². The number of carbonyl (C=O) groups is 1. The van der Waals surface area contributed by atoms with Crippen LogP contribution in [0.1, 0.15) is 54.4 Å². The summed E-state index contributed by atoms with van der Waals surface area (Å²) in [5, 5.41) is 2.94. The van der Waals surface area contributed by atoms with Crippen LogP contribution < -0.4 is 19.8 Å². The predicted molar refractivity (Wildman–Crippen MR) is 142 cm³/mol. The number of pyridine rings is 1. The average molecular weight is 514 g/mol. The summed E-state index contributed by atoms with van der Waals surface area (Å²) in [6, 6.07) is 9.50. The molecule has 4 aliphatic rings. The minimum absolute atomic E-state index is 0.230. The van der Waals surface area contributed by atoms with Gasteiger partial charge in [0.25, 0.3) is 11.8 Å². The number of nitrogens with zero attached hydrogens (tertiary/aromatic N) is 3. The maximum absolute atomic E-state index is 13.5. The molecule has 0 radical (unpaired) electrons. The second-order valence-electron chi connectivity index (χ2n) is 11.1. The number of alkyl halides is 2. The van der Waals surface area contributed by atoms with Gasteiger partial charge in [0, 0.05) is 24.5 Å². The van der Waals surface area contributed by atoms with E-state index in [0.29, 0.717) is 22.6 Å². The summed E-state index contributed by atoms with van der Waals surface area (Å²) in [6.07, 6.45) is 7.65. The van der Waals surface area contributed by atoms with Crippen LogP contribution in [0.3, 0.4) is 0 Å². The molecule has 2 aromatic rings. The molecule has 0 atom stereocenters. The molecular weight excluding hydrogens is 480 g/mol. The third kappa shape index (κ3) is 5.26. The highest BCUT2D eigenvalue weighted by Gasteiger charge is 2.45. The third-order valence-corrected chi connectivity index (χ3v) is 8.95. The second-order valence-corrected chi connectivity index (χ2v) is 12.0. The average Bonchev–Trinajstić information content (AvgIpc) is 3.76. The van der Waals surface area contributed by atoms with Gasteiger partial charge in [-0.05, 0) is 92.7 Å². The molecule has 192 valence electrons. The third-order valence-electron chi connectivity index (χ3n) is 7.94. The summed E-state index contributed by atoms with van der Waals surface area (Å²) >= 11 is 1.74. The van der Waals surface area contributed by atoms with E-state index in [1.54, 1.807) is 24.1 Å². The van der Waals surface area contributed by atoms with Gasteiger partial charge in [0.2, 0.25) is 0 Å². The zero-order valence-electron chi connectivity index (χ0n) is 20.7. The Balaban J connectivity index is 1.21. The number of aromatic nitrogens is 1. The molecule has 6 rings (SSSR count). The first-order valence-electron chi connectivity index (χ1n) is 13.0. The van der Waals surface area contributed by atoms with Crippen LogP contribution in [0.2, 0.25) is 0 Å². The molecule has 2 aliphatic heterocycles. The maximum atomic E-state index is 13.5. The molecule has 6 nitrogen and oxygen atoms in total. The highest BCUT2D eigenvalue weighted by molar-refractivity contribution is 8.00. The second kappa shape index (κ2) is 9.08. The lowest BCUT2D eigenvalue weighted by Crippen LogP contribution is -2.56. The van der Waals surface area contributed by atoms with E-state index >= 15 is 0 Å². The Morgan fingerprint density at radius 1 is 1.08 bits per heavy atom. The number of rotatable bonds is 8. The van der Waals surface area contributed by atoms with Crippen LogP contribution in [0.4, 0.5) is 31.8 Å². The van der Waals surface area contributed by atoms with E-state index in [0.717, 1.165) is 41.7 Å². The van der Waals surface area contributed by atoms with Gasteiger partial charge in [0.15, 0.2) is 0 Å². The minimum Gasteiger partial charge on any atom is -0.371 e. The first-order valence-corrected chi connectivity index (χ1v) is 14.0. The molecule has 2 saturated heterocycles. The number of amides is 1. The Morgan fingerprint density at radius 3 is 2.50 bits per heavy atom. The normalized spacial score (nSPS) is 21.8. The lowest BCUT2D eigenvalue weighted by molar-refractivity contribution is -0.0267. The van der Waals surface area contributed by atoms with Crippen LogP contribution in [0.5, 0.6) is 0 Å². The molecule has 2 aliphatic carbocycles. The molecule has 1 amide bonds. The van der Waals surface area contributed by atoms with Gasteiger partial charge < -0.3 is 19.8 Å². The highest BCUT2D eigenvalue weighted by atomic mass is 32.2. The number of hydrogen-bond acceptors (Lipinski definition) is 6. The van der Waals surface area contributed by atoms with Gasteiger partial charge >= 0.3 is 0 Å². The Labute approximate surface area is 215 Å². The molecule has 4 fully saturated rings. The Hall–Kier alpha value is -2.55. The minimum atomic E-state index is -2.68. The SMILES string of the molecule is Cc1cc(NC(=O)c2ccc(NSCC3CC3)cc2N2CCC3(CC2)CC3)nc(N2CC(F)(F)C2)c1. The smallest absolute Gasteiger partial charge is 0.282 e. The van der Waals surface area contributed by atoms with Crippen LogP contribution >= 0.6 is 11.9 Å². The van der Waals surface area contributed by atoms with Crippen LogP contribution in [0, 0.1) is 18.3 Å². The van der Waals surface area contributed by atoms with E-state index in [1.807, 2.05) is 19.1 Å². The maximum Gasteiger partial charge on any atom is 0.282 e. The molecule has 1 aromatic heterocycles. The predicted octanol–water partition coefficient (Wildman–Crippen LogP) is 5.95. The van der Waals surface area contributed by atoms with E-state index < -0.39 is 5.92 Å². The fourth-order valence-corrected chi connectivity index (χ4v) is 6.15. The fourth-order valence-electron chi connectivity index (χ4n) is 5.21. The zero-order valence-corrected chi connectivity index (χ0v) is 21.5. The van der Waals surface area contributed by atoms with Crippen molar-refractivity contribution in [2.75, 3.05) is 51.8 Å². The molecule has 0 bridgehead atoms. The lowest BCUT2D eigenvalue weighted by atomic mass is 9.93. The number of hydrogen-bond donors (Lipinski definition) is 2. The monoisotopic (exact) mass is 513 g/mol. The molecule has 2 N–H and O–H groups in total. The van der Waals surface area contributed by atoms with Crippen molar-refractivity contribution in [3.8, 4) is 0 Å². The summed E-state index contributed by atoms with van der Waals surface area (Å²) in [7, 11) is 0. The number of nitrogens with one attached hydrogen (secondary N) is 2. The van der Waals surface area contributed by atoms with E-state index in [-0.39, 0.29) is 19.0 Å². The molecule has 9 heteroatoms. The fraction of sp³-hybridized carbons (Fsp3) is 0.556. The van der Waals surface area contributed by atoms with Crippen molar-refractivity contribution < 1.29 is 13.6 Å². The summed E-state index contributed by atoms with van der Waals surface area (Å²) in [6.45, 7) is 3.10. The quantitative estimate of drug-likeness (QED) is 0.426. The van der Waals surface area contributed by atoms with Gasteiger partial charge in [0.05, 0.1) is 24.3 Å². The molecule has 1 spiro atoms. The number of aryl methyl sites for hydroxylation is 1. The molecular formula is C27H33F2N5OS. The summed E-state index contributed by atoms with van der Waals surface area (Å²) in [5.41, 5.74) is 3.97. The van der Waals surface area contributed by atoms with Gasteiger partial charge in [-0.2, -0.15) is 0 Å². The first-order chi connectivity index (χ1) is 17.3. The number of piperidine rings is 1. The van der Waals surface area contributed by atoms with Crippen LogP contribution in [-0.2, 0) is 0 Å². The number of anilines is 4. The van der Waals surface area contributed by atoms with Crippen LogP contribution in [0.25, 0.3) is 0 Å². The largest absolute Gasteiger partial charge is 0.371 e. The van der Waals surface area contributed by atoms with E-state index in [9.17, 15) is 13.6 Å². The van der Waals surface area contributed by atoms with Crippen molar-refractivity contribution in [3.05, 3.63) is 41.5 Å². The van der Waals surface area contributed by atoms with Gasteiger partial charge in [-0.15, -0.1) is 0 Å². The first kappa shape index (κ1) is 23.8. The van der Waals surface area contributed by atoms with E-state index in [1.165, 1.54) is 43.4 Å². The summed E-state index contributed by atoms with van der Waals surface area (Å²) in [5.74, 6) is -0.119. The van der Waals surface area contributed by atoms with E-state index in [2.05, 4.69) is 26.0 Å². The van der Waals surface area contributed by atoms with Gasteiger partial charge in [-0.25, -0.2) is 13.8 Å². The topological polar surface area (TPSA) is 60.5 Å². The van der Waals surface area contributed by atoms with Crippen molar-refractivity contribution in [3.63, 3.8) is 0 Å². The molecule has 1 aromatic carbocycles. The van der Waals surface area contributed by atoms with Crippen molar-refractivity contribution in [1.82, 2.24) is 4.98 Å². The Kier molecular flexibility index (Phi) is 6.01. The van der Waals surface area contributed by atoms with E-state index in [4.69, 9.17) is 0 Å². The number of benzene rings is 1. The summed E-state index contributed by atoms with van der Waals surface area (Å²) < 4.78 is 30.2. The van der Waals surface area contributed by atoms with Crippen LogP contribution in [-0.4, -0.2) is 48.7 Å². The number of carbonyl (C=O) groups excluding carboxylic acids is 1. The zero-order chi connectivity index (χ0) is 24.9. The Bertz CT molecular complexity index is 1150. The summed E-state index contributed by atoms with van der Waals surface area (Å²) in [4.78, 5) is 21.8. The molecule has 2 saturated carbocycles. The molecule has 0 unspecified atom stereocenters. The highest BCUT2D eigenvalue weighted by Crippen LogP contribution is 2.54. The number of halogens is 2. The molecule has 3 heterocycles. The Morgan fingerprint density at radius 2 is 1.83 bits per heavy atom. The van der Waals surface area contributed by atoms with Crippen molar-refractivity contribution in [1.29, 1.82) is 0 Å². The van der Waals surface area contributed by atoms with Crippen LogP contribution in [0.15, 0.2) is 30.3 Å².